The lowest BCUT2D eigenvalue weighted by atomic mass is 9.96. The molecule has 1 saturated heterocycles. The van der Waals surface area contributed by atoms with Gasteiger partial charge in [0.2, 0.25) is 5.91 Å². The van der Waals surface area contributed by atoms with Crippen LogP contribution in [0.1, 0.15) is 18.4 Å². The molecule has 1 heterocycles. The number of primary amides is 1. The number of likely N-dealkylation sites (tertiary alicyclic amines) is 1. The molecular weight excluding hydrogens is 296 g/mol. The number of rotatable bonds is 8. The molecule has 1 fully saturated rings. The molecule has 6 nitrogen and oxygen atoms in total. The number of piperidine rings is 1. The fourth-order valence-corrected chi connectivity index (χ4v) is 2.83. The molecule has 3 N–H and O–H groups in total. The van der Waals surface area contributed by atoms with Crippen molar-refractivity contribution in [2.75, 3.05) is 33.4 Å². The lowest BCUT2D eigenvalue weighted by Crippen LogP contribution is -2.42. The van der Waals surface area contributed by atoms with Crippen molar-refractivity contribution in [2.24, 2.45) is 11.7 Å². The number of carbonyl (C=O) groups is 1. The number of nitrogens with zero attached hydrogens (tertiary/aromatic N) is 1. The van der Waals surface area contributed by atoms with Crippen LogP contribution in [-0.2, 0) is 16.1 Å². The minimum Gasteiger partial charge on any atom is -0.497 e. The van der Waals surface area contributed by atoms with Gasteiger partial charge in [-0.25, -0.2) is 0 Å². The number of carbonyl (C=O) groups excluding carboxylic acids is 1. The Labute approximate surface area is 137 Å². The normalized spacial score (nSPS) is 17.8. The average Bonchev–Trinajstić information content (AvgIpc) is 2.55. The van der Waals surface area contributed by atoms with Crippen LogP contribution in [0.4, 0.5) is 0 Å². The Bertz CT molecular complexity index is 501. The Balaban J connectivity index is 1.65. The number of amides is 1. The van der Waals surface area contributed by atoms with Crippen LogP contribution in [0.5, 0.6) is 5.75 Å². The van der Waals surface area contributed by atoms with Gasteiger partial charge in [-0.3, -0.25) is 4.79 Å². The summed E-state index contributed by atoms with van der Waals surface area (Å²) in [5.74, 6) is 0.559. The standard InChI is InChI=1S/C17H26N2O4/c1-22-16-4-2-3-13(9-16)11-23-12-15(20)10-19-7-5-14(6-8-19)17(18)21/h2-4,9,14-15,20H,5-8,10-12H2,1H3,(H2,18,21)/t15-/m1/s1. The van der Waals surface area contributed by atoms with E-state index >= 15 is 0 Å². The highest BCUT2D eigenvalue weighted by Crippen LogP contribution is 2.17. The van der Waals surface area contributed by atoms with Gasteiger partial charge in [0, 0.05) is 12.5 Å². The molecule has 0 unspecified atom stereocenters. The summed E-state index contributed by atoms with van der Waals surface area (Å²) < 4.78 is 10.7. The monoisotopic (exact) mass is 322 g/mol. The zero-order chi connectivity index (χ0) is 16.7. The van der Waals surface area contributed by atoms with Crippen molar-refractivity contribution < 1.29 is 19.4 Å². The number of hydrogen-bond acceptors (Lipinski definition) is 5. The van der Waals surface area contributed by atoms with Crippen LogP contribution >= 0.6 is 0 Å². The molecule has 1 aromatic rings. The van der Waals surface area contributed by atoms with E-state index in [0.717, 1.165) is 37.2 Å². The van der Waals surface area contributed by atoms with E-state index in [0.29, 0.717) is 13.2 Å². The molecule has 0 aliphatic carbocycles. The van der Waals surface area contributed by atoms with Crippen LogP contribution in [0.2, 0.25) is 0 Å². The number of aliphatic hydroxyl groups excluding tert-OH is 1. The summed E-state index contributed by atoms with van der Waals surface area (Å²) in [6, 6.07) is 7.68. The number of nitrogens with two attached hydrogens (primary N) is 1. The molecule has 1 aliphatic rings. The summed E-state index contributed by atoms with van der Waals surface area (Å²) in [5, 5.41) is 10.1. The van der Waals surface area contributed by atoms with E-state index in [1.54, 1.807) is 7.11 Å². The van der Waals surface area contributed by atoms with E-state index < -0.39 is 6.10 Å². The topological polar surface area (TPSA) is 85.0 Å². The van der Waals surface area contributed by atoms with Crippen LogP contribution in [-0.4, -0.2) is 55.4 Å². The van der Waals surface area contributed by atoms with Gasteiger partial charge in [-0.1, -0.05) is 12.1 Å². The second-order valence-corrected chi connectivity index (χ2v) is 6.00. The largest absolute Gasteiger partial charge is 0.497 e. The maximum absolute atomic E-state index is 11.1. The summed E-state index contributed by atoms with van der Waals surface area (Å²) in [5.41, 5.74) is 6.33. The van der Waals surface area contributed by atoms with Crippen molar-refractivity contribution in [1.29, 1.82) is 0 Å². The SMILES string of the molecule is COc1cccc(COC[C@H](O)CN2CCC(C(N)=O)CC2)c1. The third-order valence-electron chi connectivity index (χ3n) is 4.17. The lowest BCUT2D eigenvalue weighted by Gasteiger charge is -2.31. The van der Waals surface area contributed by atoms with E-state index in [-0.39, 0.29) is 18.4 Å². The van der Waals surface area contributed by atoms with Gasteiger partial charge >= 0.3 is 0 Å². The van der Waals surface area contributed by atoms with Crippen molar-refractivity contribution in [3.05, 3.63) is 29.8 Å². The molecule has 1 amide bonds. The zero-order valence-corrected chi connectivity index (χ0v) is 13.6. The maximum atomic E-state index is 11.1. The molecule has 128 valence electrons. The number of β-amino-alcohol motifs (C(OH)–C–C–N with tert-alkyl or cyclic N) is 1. The first-order chi connectivity index (χ1) is 11.1. The number of aliphatic hydroxyl groups is 1. The summed E-state index contributed by atoms with van der Waals surface area (Å²) >= 11 is 0. The molecule has 1 aliphatic heterocycles. The van der Waals surface area contributed by atoms with Gasteiger partial charge in [0.25, 0.3) is 0 Å². The molecule has 0 saturated carbocycles. The second-order valence-electron chi connectivity index (χ2n) is 6.00. The van der Waals surface area contributed by atoms with Gasteiger partial charge in [0.05, 0.1) is 26.4 Å². The first kappa shape index (κ1) is 17.7. The van der Waals surface area contributed by atoms with Crippen LogP contribution in [0.3, 0.4) is 0 Å². The zero-order valence-electron chi connectivity index (χ0n) is 13.6. The molecule has 6 heteroatoms. The first-order valence-electron chi connectivity index (χ1n) is 7.99. The van der Waals surface area contributed by atoms with Crippen LogP contribution in [0.25, 0.3) is 0 Å². The quantitative estimate of drug-likeness (QED) is 0.738. The predicted octanol–water partition coefficient (Wildman–Crippen LogP) is 0.770. The fourth-order valence-electron chi connectivity index (χ4n) is 2.83. The van der Waals surface area contributed by atoms with Gasteiger partial charge in [0.15, 0.2) is 0 Å². The third kappa shape index (κ3) is 5.82. The third-order valence-corrected chi connectivity index (χ3v) is 4.17. The highest BCUT2D eigenvalue weighted by molar-refractivity contribution is 5.76. The van der Waals surface area contributed by atoms with Gasteiger partial charge in [-0.2, -0.15) is 0 Å². The molecule has 0 bridgehead atoms. The maximum Gasteiger partial charge on any atom is 0.220 e. The molecule has 0 aromatic heterocycles. The molecule has 1 aromatic carbocycles. The summed E-state index contributed by atoms with van der Waals surface area (Å²) in [4.78, 5) is 13.3. The summed E-state index contributed by atoms with van der Waals surface area (Å²) in [6.45, 7) is 2.87. The Hall–Kier alpha value is -1.63. The van der Waals surface area contributed by atoms with Crippen molar-refractivity contribution in [2.45, 2.75) is 25.6 Å². The van der Waals surface area contributed by atoms with Crippen LogP contribution < -0.4 is 10.5 Å². The van der Waals surface area contributed by atoms with Crippen molar-refractivity contribution >= 4 is 5.91 Å². The molecule has 2 rings (SSSR count). The Morgan fingerprint density at radius 3 is 2.83 bits per heavy atom. The fraction of sp³-hybridized carbons (Fsp3) is 0.588. The number of ether oxygens (including phenoxy) is 2. The minimum atomic E-state index is -0.536. The Morgan fingerprint density at radius 1 is 1.43 bits per heavy atom. The van der Waals surface area contributed by atoms with E-state index in [9.17, 15) is 9.90 Å². The van der Waals surface area contributed by atoms with Gasteiger partial charge < -0.3 is 25.2 Å². The molecule has 23 heavy (non-hydrogen) atoms. The summed E-state index contributed by atoms with van der Waals surface area (Å²) in [6.07, 6.45) is 1.00. The minimum absolute atomic E-state index is 0.0206. The lowest BCUT2D eigenvalue weighted by molar-refractivity contribution is -0.123. The van der Waals surface area contributed by atoms with Crippen molar-refractivity contribution in [1.82, 2.24) is 4.90 Å². The number of hydrogen-bond donors (Lipinski definition) is 2. The van der Waals surface area contributed by atoms with E-state index in [2.05, 4.69) is 4.90 Å². The Kier molecular flexibility index (Phi) is 6.83. The number of methoxy groups -OCH3 is 1. The van der Waals surface area contributed by atoms with E-state index in [1.165, 1.54) is 0 Å². The highest BCUT2D eigenvalue weighted by atomic mass is 16.5. The van der Waals surface area contributed by atoms with E-state index in [4.69, 9.17) is 15.2 Å². The molecule has 0 radical (unpaired) electrons. The van der Waals surface area contributed by atoms with Crippen molar-refractivity contribution in [3.8, 4) is 5.75 Å². The van der Waals surface area contributed by atoms with Crippen molar-refractivity contribution in [3.63, 3.8) is 0 Å². The second kappa shape index (κ2) is 8.86. The molecular formula is C17H26N2O4. The average molecular weight is 322 g/mol. The van der Waals surface area contributed by atoms with Gasteiger partial charge in [-0.05, 0) is 43.6 Å². The van der Waals surface area contributed by atoms with E-state index in [1.807, 2.05) is 24.3 Å². The summed E-state index contributed by atoms with van der Waals surface area (Å²) in [7, 11) is 1.63. The highest BCUT2D eigenvalue weighted by Gasteiger charge is 2.24. The van der Waals surface area contributed by atoms with Crippen LogP contribution in [0.15, 0.2) is 24.3 Å². The molecule has 1 atom stereocenters. The predicted molar refractivity (Wildman–Crippen MR) is 87.0 cm³/mol. The van der Waals surface area contributed by atoms with Crippen LogP contribution in [0, 0.1) is 5.92 Å². The van der Waals surface area contributed by atoms with Gasteiger partial charge in [0.1, 0.15) is 5.75 Å². The van der Waals surface area contributed by atoms with Gasteiger partial charge in [-0.15, -0.1) is 0 Å². The first-order valence-corrected chi connectivity index (χ1v) is 7.99. The Morgan fingerprint density at radius 2 is 2.17 bits per heavy atom. The molecule has 0 spiro atoms. The smallest absolute Gasteiger partial charge is 0.220 e. The number of benzene rings is 1.